The van der Waals surface area contributed by atoms with Crippen molar-refractivity contribution in [1.29, 1.82) is 0 Å². The van der Waals surface area contributed by atoms with Gasteiger partial charge in [0, 0.05) is 54.7 Å². The summed E-state index contributed by atoms with van der Waals surface area (Å²) < 4.78 is 88.1. The van der Waals surface area contributed by atoms with Crippen molar-refractivity contribution in [1.82, 2.24) is 0 Å². The highest BCUT2D eigenvalue weighted by molar-refractivity contribution is 5.93. The lowest BCUT2D eigenvalue weighted by atomic mass is 9.93. The fourth-order valence-corrected chi connectivity index (χ4v) is 6.26. The Hall–Kier alpha value is -14.2. The van der Waals surface area contributed by atoms with Crippen LogP contribution in [-0.4, -0.2) is 217 Å². The lowest BCUT2D eigenvalue weighted by Gasteiger charge is -2.34. The van der Waals surface area contributed by atoms with E-state index in [-0.39, 0.29) is 78.4 Å². The zero-order valence-corrected chi connectivity index (χ0v) is 63.6. The van der Waals surface area contributed by atoms with Crippen molar-refractivity contribution in [3.8, 4) is 0 Å². The highest BCUT2D eigenvalue weighted by Gasteiger charge is 2.51. The number of allylic oxidation sites excluding steroid dienone is 1. The normalized spacial score (nSPS) is 11.5. The van der Waals surface area contributed by atoms with Crippen molar-refractivity contribution in [3.05, 3.63) is 240 Å². The van der Waals surface area contributed by atoms with Crippen LogP contribution in [0.3, 0.4) is 0 Å². The molecule has 114 heavy (non-hydrogen) atoms. The van der Waals surface area contributed by atoms with Gasteiger partial charge in [-0.05, 0) is 26.8 Å². The molecule has 35 nitrogen and oxygen atoms in total. The van der Waals surface area contributed by atoms with Gasteiger partial charge in [-0.25, -0.2) is 67.1 Å². The first-order valence-corrected chi connectivity index (χ1v) is 32.4. The summed E-state index contributed by atoms with van der Waals surface area (Å²) in [6, 6.07) is 0. The van der Waals surface area contributed by atoms with E-state index in [0.29, 0.717) is 18.2 Å². The quantitative estimate of drug-likeness (QED) is 0.0167. The standard InChI is InChI=1S/C25H28O11.C16H18O8.C14H18O6.C13H16O6.C11H16O4/c1-8-14-31-24(29)22(33-16(7)10-3)20(34-17(26)11-4)21(35-18(27)12-5)23(36-19(28)13-6)25(30)32-15-9-2;1-5-9-21-15(19)13(23-11(17)7-3)14(24-12(18)8-4)16(20)22-10-6-2;1-5-8-18-13(17)14(4,9-19-11(15)6-2)10-20-12(16)7-3;1-4-7-17-12(15)9-10(19-11(14)6-3)13(16)18-8-5-2;1-5-7-14-10(13)11(3,4)8-15-9(12)6-2/h8-13,20-23H,1-7,14-15H2;5-8,13-14H,1-4,9-10H2;5-7H,1-3,8-10H2,4H3;4-6,10H,1-3,7-9H2;5-6H,1-2,7-8H2,3-4H3. The van der Waals surface area contributed by atoms with Crippen LogP contribution in [0.2, 0.25) is 0 Å². The van der Waals surface area contributed by atoms with Crippen molar-refractivity contribution in [3.63, 3.8) is 0 Å². The van der Waals surface area contributed by atoms with Gasteiger partial charge in [-0.3, -0.25) is 14.4 Å². The lowest BCUT2D eigenvalue weighted by molar-refractivity contribution is -0.203. The van der Waals surface area contributed by atoms with Crippen LogP contribution in [0, 0.1) is 10.8 Å². The number of carbonyl (C=O) groups excluding carboxylic acids is 17. The predicted octanol–water partition coefficient (Wildman–Crippen LogP) is 6.05. The maximum atomic E-state index is 12.9. The van der Waals surface area contributed by atoms with Crippen LogP contribution in [0.5, 0.6) is 0 Å². The zero-order valence-electron chi connectivity index (χ0n) is 63.6. The van der Waals surface area contributed by atoms with Crippen LogP contribution in [0.4, 0.5) is 0 Å². The lowest BCUT2D eigenvalue weighted by Crippen LogP contribution is -2.56. The van der Waals surface area contributed by atoms with E-state index < -0.39 is 161 Å². The molecule has 0 aromatic heterocycles. The summed E-state index contributed by atoms with van der Waals surface area (Å²) in [5.74, 6) is -15.8. The molecule has 0 aliphatic rings. The van der Waals surface area contributed by atoms with Crippen molar-refractivity contribution in [2.45, 2.75) is 69.9 Å². The smallest absolute Gasteiger partial charge is 0.352 e. The molecule has 0 aromatic carbocycles. The molecule has 7 unspecified atom stereocenters. The Kier molecular flexibility index (Phi) is 61.6. The average Bonchev–Trinajstić information content (AvgIpc) is 0.807. The van der Waals surface area contributed by atoms with Crippen LogP contribution in [0.1, 0.15) is 27.2 Å². The highest BCUT2D eigenvalue weighted by atomic mass is 16.7. The largest absolute Gasteiger partial charge is 0.475 e. The Morgan fingerprint density at radius 3 is 0.833 bits per heavy atom. The Morgan fingerprint density at radius 2 is 0.518 bits per heavy atom. The minimum Gasteiger partial charge on any atom is -0.475 e. The third kappa shape index (κ3) is 49.7. The molecule has 0 spiro atoms. The first-order chi connectivity index (χ1) is 53.9. The van der Waals surface area contributed by atoms with Crippen LogP contribution in [-0.2, 0) is 167 Å². The molecule has 0 aliphatic carbocycles. The first-order valence-electron chi connectivity index (χ1n) is 32.4. The molecule has 0 amide bonds. The van der Waals surface area contributed by atoms with Gasteiger partial charge in [0.1, 0.15) is 83.8 Å². The van der Waals surface area contributed by atoms with Gasteiger partial charge < -0.3 is 85.3 Å². The van der Waals surface area contributed by atoms with Crippen LogP contribution in [0.25, 0.3) is 0 Å². The SMILES string of the molecule is C=CCOC(=O)C(C)(C)COC(=O)C=C.C=CCOC(=O)C(C)(COC(=O)C=C)COC(=O)C=C.C=CCOC(=O)C(OC(=C)C=C)C(OC(=O)C=C)C(OC(=O)C=C)C(OC(=O)C=C)C(=O)OCC=C.C=CCOC(=O)C(OC(=O)C=C)C(OC(=O)C=C)C(=O)OCC=C.C=CCOC(=O)CC(OC(=O)C=C)C(=O)OCC=C. The fraction of sp³-hybridized carbons (Fsp3) is 0.304. The second kappa shape index (κ2) is 64.8. The van der Waals surface area contributed by atoms with Gasteiger partial charge in [0.25, 0.3) is 0 Å². The molecule has 0 N–H and O–H groups in total. The molecule has 0 radical (unpaired) electrons. The Labute approximate surface area is 659 Å². The molecule has 0 aliphatic heterocycles. The molecule has 35 heteroatoms. The molecule has 0 saturated heterocycles. The summed E-state index contributed by atoms with van der Waals surface area (Å²) in [6.07, 6.45) is 5.48. The Balaban J connectivity index is -0.000000450. The minimum atomic E-state index is -2.10. The van der Waals surface area contributed by atoms with E-state index in [4.69, 9.17) is 80.5 Å². The van der Waals surface area contributed by atoms with Gasteiger partial charge in [-0.1, -0.05) is 174 Å². The van der Waals surface area contributed by atoms with Crippen LogP contribution in [0.15, 0.2) is 240 Å². The van der Waals surface area contributed by atoms with E-state index in [0.717, 1.165) is 42.5 Å². The zero-order chi connectivity index (χ0) is 88.4. The van der Waals surface area contributed by atoms with E-state index in [1.807, 2.05) is 0 Å². The van der Waals surface area contributed by atoms with Crippen LogP contribution >= 0.6 is 0 Å². The summed E-state index contributed by atoms with van der Waals surface area (Å²) >= 11 is 0. The molecule has 0 rings (SSSR count). The molecule has 0 aromatic rings. The van der Waals surface area contributed by atoms with E-state index in [1.54, 1.807) is 13.8 Å². The molecule has 7 atom stereocenters. The van der Waals surface area contributed by atoms with Gasteiger partial charge >= 0.3 is 101 Å². The summed E-state index contributed by atoms with van der Waals surface area (Å²) in [5.41, 5.74) is -2.18. The Bertz CT molecular complexity index is 3360. The highest BCUT2D eigenvalue weighted by Crippen LogP contribution is 2.25. The van der Waals surface area contributed by atoms with E-state index in [9.17, 15) is 81.5 Å². The van der Waals surface area contributed by atoms with Gasteiger partial charge in [0.2, 0.25) is 30.5 Å². The molecule has 622 valence electrons. The molecular weight excluding hydrogens is 1510 g/mol. The van der Waals surface area contributed by atoms with Gasteiger partial charge in [-0.15, -0.1) is 0 Å². The Morgan fingerprint density at radius 1 is 0.263 bits per heavy atom. The fourth-order valence-electron chi connectivity index (χ4n) is 6.26. The van der Waals surface area contributed by atoms with E-state index in [2.05, 4.69) is 130 Å². The van der Waals surface area contributed by atoms with Gasteiger partial charge in [-0.2, -0.15) is 0 Å². The summed E-state index contributed by atoms with van der Waals surface area (Å²) in [7, 11) is 0. The number of esters is 17. The van der Waals surface area contributed by atoms with Crippen molar-refractivity contribution in [2.75, 3.05) is 72.7 Å². The second-order valence-corrected chi connectivity index (χ2v) is 21.2. The average molecular weight is 1610 g/mol. The van der Waals surface area contributed by atoms with Crippen LogP contribution < -0.4 is 0 Å². The number of hydrogen-bond acceptors (Lipinski definition) is 35. The molecule has 0 fully saturated rings. The second-order valence-electron chi connectivity index (χ2n) is 21.2. The van der Waals surface area contributed by atoms with Crippen molar-refractivity contribution >= 4 is 101 Å². The van der Waals surface area contributed by atoms with Gasteiger partial charge in [0.15, 0.2) is 12.2 Å². The minimum absolute atomic E-state index is 0.000761. The number of ether oxygens (including phenoxy) is 18. The summed E-state index contributed by atoms with van der Waals surface area (Å²) in [5, 5.41) is 0. The summed E-state index contributed by atoms with van der Waals surface area (Å²) in [6.45, 7) is 66.2. The first kappa shape index (κ1) is 108. The number of rotatable bonds is 53. The number of carbonyl (C=O) groups is 17. The molecule has 0 heterocycles. The van der Waals surface area contributed by atoms with Crippen molar-refractivity contribution in [2.24, 2.45) is 10.8 Å². The van der Waals surface area contributed by atoms with E-state index >= 15 is 0 Å². The third-order valence-corrected chi connectivity index (χ3v) is 11.7. The molecule has 0 bridgehead atoms. The maximum Gasteiger partial charge on any atom is 0.352 e. The maximum absolute atomic E-state index is 12.9. The summed E-state index contributed by atoms with van der Waals surface area (Å²) in [4.78, 5) is 199. The molecule has 0 saturated carbocycles. The monoisotopic (exact) mass is 1600 g/mol. The predicted molar refractivity (Wildman–Crippen MR) is 404 cm³/mol. The topological polar surface area (TPSA) is 456 Å². The third-order valence-electron chi connectivity index (χ3n) is 11.7. The molecular formula is C79H96O35. The van der Waals surface area contributed by atoms with Crippen molar-refractivity contribution < 1.29 is 167 Å². The van der Waals surface area contributed by atoms with Gasteiger partial charge in [0.05, 0.1) is 11.8 Å². The van der Waals surface area contributed by atoms with E-state index in [1.165, 1.54) is 55.5 Å². The number of hydrogen-bond donors (Lipinski definition) is 0.